The molecule has 1 heterocycles. The summed E-state index contributed by atoms with van der Waals surface area (Å²) in [7, 11) is 3.38. The third kappa shape index (κ3) is 5.42. The van der Waals surface area contributed by atoms with Gasteiger partial charge in [0.15, 0.2) is 11.6 Å². The molecule has 0 radical (unpaired) electrons. The maximum Gasteiger partial charge on any atom is 0.418 e. The van der Waals surface area contributed by atoms with Crippen molar-refractivity contribution >= 4 is 28.7 Å². The van der Waals surface area contributed by atoms with Crippen LogP contribution < -0.4 is 20.9 Å². The van der Waals surface area contributed by atoms with E-state index in [0.717, 1.165) is 25.5 Å². The number of rotatable bonds is 8. The Kier molecular flexibility index (Phi) is 7.16. The van der Waals surface area contributed by atoms with Crippen LogP contribution in [0.2, 0.25) is 0 Å². The summed E-state index contributed by atoms with van der Waals surface area (Å²) in [6, 6.07) is 4.11. The van der Waals surface area contributed by atoms with Crippen molar-refractivity contribution in [2.45, 2.75) is 39.8 Å². The summed E-state index contributed by atoms with van der Waals surface area (Å²) in [5.41, 5.74) is 6.07. The Balaban J connectivity index is 2.49. The van der Waals surface area contributed by atoms with Gasteiger partial charge in [-0.25, -0.2) is 9.97 Å². The predicted octanol–water partition coefficient (Wildman–Crippen LogP) is 4.82. The number of benzene rings is 1. The van der Waals surface area contributed by atoms with Crippen LogP contribution in [0.15, 0.2) is 18.2 Å². The Morgan fingerprint density at radius 2 is 1.83 bits per heavy atom. The molecule has 0 unspecified atom stereocenters. The number of halogens is 3. The van der Waals surface area contributed by atoms with E-state index in [0.29, 0.717) is 23.9 Å². The number of aryl methyl sites for hydroxylation is 1. The van der Waals surface area contributed by atoms with Crippen LogP contribution in [0.4, 0.5) is 41.9 Å². The number of nitrogens with zero attached hydrogens (tertiary/aromatic N) is 4. The fraction of sp³-hybridized carbons (Fsp3) is 0.500. The first-order valence-electron chi connectivity index (χ1n) is 9.63. The fourth-order valence-corrected chi connectivity index (χ4v) is 2.95. The zero-order valence-electron chi connectivity index (χ0n) is 17.6. The Morgan fingerprint density at radius 3 is 2.38 bits per heavy atom. The van der Waals surface area contributed by atoms with Gasteiger partial charge in [-0.3, -0.25) is 0 Å². The standard InChI is InChI=1S/C20H29F3N6/c1-6-8-11-29(7-2)19-17(24)18(25-13(3)26-19)27-16-10-9-14(28(4)5)12-15(16)20(21,22)23/h9-10,12H,6-8,11,24H2,1-5H3,(H,25,26,27). The van der Waals surface area contributed by atoms with Gasteiger partial charge < -0.3 is 20.9 Å². The van der Waals surface area contributed by atoms with E-state index in [1.165, 1.54) is 6.07 Å². The number of aromatic nitrogens is 2. The molecule has 0 aliphatic heterocycles. The summed E-state index contributed by atoms with van der Waals surface area (Å²) in [5.74, 6) is 1.14. The Hall–Kier alpha value is -2.71. The van der Waals surface area contributed by atoms with Gasteiger partial charge in [0.1, 0.15) is 11.5 Å². The normalized spacial score (nSPS) is 11.4. The Labute approximate surface area is 169 Å². The van der Waals surface area contributed by atoms with E-state index in [9.17, 15) is 13.2 Å². The largest absolute Gasteiger partial charge is 0.418 e. The monoisotopic (exact) mass is 410 g/mol. The third-order valence-electron chi connectivity index (χ3n) is 4.58. The van der Waals surface area contributed by atoms with Gasteiger partial charge in [-0.15, -0.1) is 0 Å². The molecule has 0 aliphatic rings. The fourth-order valence-electron chi connectivity index (χ4n) is 2.95. The molecule has 6 nitrogen and oxygen atoms in total. The SMILES string of the molecule is CCCCN(CC)c1nc(C)nc(Nc2ccc(N(C)C)cc2C(F)(F)F)c1N. The van der Waals surface area contributed by atoms with E-state index in [4.69, 9.17) is 5.73 Å². The highest BCUT2D eigenvalue weighted by Gasteiger charge is 2.34. The van der Waals surface area contributed by atoms with Crippen LogP contribution in [0.25, 0.3) is 0 Å². The molecule has 160 valence electrons. The van der Waals surface area contributed by atoms with E-state index in [-0.39, 0.29) is 17.2 Å². The molecule has 0 saturated carbocycles. The highest BCUT2D eigenvalue weighted by atomic mass is 19.4. The van der Waals surface area contributed by atoms with Crippen molar-refractivity contribution in [1.29, 1.82) is 0 Å². The second-order valence-corrected chi connectivity index (χ2v) is 7.04. The summed E-state index contributed by atoms with van der Waals surface area (Å²) in [5, 5.41) is 2.79. The van der Waals surface area contributed by atoms with Crippen LogP contribution in [0.5, 0.6) is 0 Å². The first kappa shape index (κ1) is 22.6. The maximum absolute atomic E-state index is 13.6. The number of anilines is 5. The van der Waals surface area contributed by atoms with E-state index in [1.54, 1.807) is 32.0 Å². The topological polar surface area (TPSA) is 70.3 Å². The van der Waals surface area contributed by atoms with Crippen LogP contribution in [0.3, 0.4) is 0 Å². The minimum Gasteiger partial charge on any atom is -0.393 e. The van der Waals surface area contributed by atoms with Crippen molar-refractivity contribution in [3.8, 4) is 0 Å². The highest BCUT2D eigenvalue weighted by Crippen LogP contribution is 2.39. The molecule has 9 heteroatoms. The van der Waals surface area contributed by atoms with Gasteiger partial charge in [0.05, 0.1) is 11.3 Å². The highest BCUT2D eigenvalue weighted by molar-refractivity contribution is 5.80. The van der Waals surface area contributed by atoms with Crippen molar-refractivity contribution in [2.24, 2.45) is 0 Å². The first-order valence-corrected chi connectivity index (χ1v) is 9.63. The van der Waals surface area contributed by atoms with Crippen molar-refractivity contribution in [1.82, 2.24) is 9.97 Å². The molecule has 0 fully saturated rings. The summed E-state index contributed by atoms with van der Waals surface area (Å²) < 4.78 is 40.9. The number of nitrogens with two attached hydrogens (primary N) is 1. The molecule has 0 atom stereocenters. The average Bonchev–Trinajstić information content (AvgIpc) is 2.64. The van der Waals surface area contributed by atoms with Gasteiger partial charge in [0.25, 0.3) is 0 Å². The lowest BCUT2D eigenvalue weighted by atomic mass is 10.1. The average molecular weight is 410 g/mol. The van der Waals surface area contributed by atoms with Gasteiger partial charge in [-0.1, -0.05) is 13.3 Å². The van der Waals surface area contributed by atoms with Gasteiger partial charge in [-0.2, -0.15) is 13.2 Å². The molecule has 2 rings (SSSR count). The molecule has 1 aromatic carbocycles. The van der Waals surface area contributed by atoms with Crippen molar-refractivity contribution in [3.05, 3.63) is 29.6 Å². The molecule has 0 amide bonds. The molecule has 0 aliphatic carbocycles. The van der Waals surface area contributed by atoms with Gasteiger partial charge in [0, 0.05) is 32.9 Å². The van der Waals surface area contributed by atoms with Gasteiger partial charge in [0.2, 0.25) is 0 Å². The van der Waals surface area contributed by atoms with Crippen LogP contribution in [0, 0.1) is 6.92 Å². The lowest BCUT2D eigenvalue weighted by molar-refractivity contribution is -0.136. The quantitative estimate of drug-likeness (QED) is 0.650. The van der Waals surface area contributed by atoms with Crippen molar-refractivity contribution in [3.63, 3.8) is 0 Å². The Bertz CT molecular complexity index is 836. The molecule has 0 bridgehead atoms. The summed E-state index contributed by atoms with van der Waals surface area (Å²) in [6.07, 6.45) is -2.55. The summed E-state index contributed by atoms with van der Waals surface area (Å²) >= 11 is 0. The van der Waals surface area contributed by atoms with Crippen molar-refractivity contribution < 1.29 is 13.2 Å². The Morgan fingerprint density at radius 1 is 1.14 bits per heavy atom. The first-order chi connectivity index (χ1) is 13.6. The predicted molar refractivity (Wildman–Crippen MR) is 113 cm³/mol. The number of hydrogen-bond donors (Lipinski definition) is 2. The summed E-state index contributed by atoms with van der Waals surface area (Å²) in [6.45, 7) is 7.22. The zero-order valence-corrected chi connectivity index (χ0v) is 17.6. The van der Waals surface area contributed by atoms with Crippen LogP contribution in [-0.2, 0) is 6.18 Å². The lowest BCUT2D eigenvalue weighted by Gasteiger charge is -2.25. The van der Waals surface area contributed by atoms with Gasteiger partial charge >= 0.3 is 6.18 Å². The van der Waals surface area contributed by atoms with Crippen LogP contribution in [0.1, 0.15) is 38.1 Å². The molecule has 0 spiro atoms. The summed E-state index contributed by atoms with van der Waals surface area (Å²) in [4.78, 5) is 12.3. The van der Waals surface area contributed by atoms with E-state index in [1.807, 2.05) is 11.8 Å². The number of alkyl halides is 3. The number of unbranched alkanes of at least 4 members (excludes halogenated alkanes) is 1. The van der Waals surface area contributed by atoms with Crippen LogP contribution >= 0.6 is 0 Å². The zero-order chi connectivity index (χ0) is 21.8. The molecular formula is C20H29F3N6. The smallest absolute Gasteiger partial charge is 0.393 e. The molecular weight excluding hydrogens is 381 g/mol. The maximum atomic E-state index is 13.6. The lowest BCUT2D eigenvalue weighted by Crippen LogP contribution is -2.27. The third-order valence-corrected chi connectivity index (χ3v) is 4.58. The van der Waals surface area contributed by atoms with Crippen molar-refractivity contribution in [2.75, 3.05) is 48.0 Å². The second kappa shape index (κ2) is 9.19. The van der Waals surface area contributed by atoms with E-state index < -0.39 is 11.7 Å². The minimum atomic E-state index is -4.52. The number of nitrogens with one attached hydrogen (secondary N) is 1. The number of hydrogen-bond acceptors (Lipinski definition) is 6. The van der Waals surface area contributed by atoms with E-state index in [2.05, 4.69) is 22.2 Å². The molecule has 3 N–H and O–H groups in total. The minimum absolute atomic E-state index is 0.101. The number of nitrogen functional groups attached to an aromatic ring is 1. The molecule has 29 heavy (non-hydrogen) atoms. The van der Waals surface area contributed by atoms with Gasteiger partial charge in [-0.05, 0) is 38.5 Å². The van der Waals surface area contributed by atoms with E-state index >= 15 is 0 Å². The van der Waals surface area contributed by atoms with Crippen LogP contribution in [-0.4, -0.2) is 37.2 Å². The molecule has 0 saturated heterocycles. The second-order valence-electron chi connectivity index (χ2n) is 7.04. The molecule has 2 aromatic rings. The molecule has 1 aromatic heterocycles.